The predicted octanol–water partition coefficient (Wildman–Crippen LogP) is 1.58. The summed E-state index contributed by atoms with van der Waals surface area (Å²) >= 11 is 0. The second-order valence-corrected chi connectivity index (χ2v) is 4.80. The molecule has 0 aliphatic rings. The molecule has 5 nitrogen and oxygen atoms in total. The monoisotopic (exact) mass is 286 g/mol. The van der Waals surface area contributed by atoms with Crippen LogP contribution in [0.25, 0.3) is 0 Å². The Bertz CT molecular complexity index is 516. The minimum Gasteiger partial charge on any atom is -0.395 e. The lowest BCUT2D eigenvalue weighted by molar-refractivity contribution is 0.300. The number of hydrogen-bond acceptors (Lipinski definition) is 5. The average Bonchev–Trinajstić information content (AvgIpc) is 2.54. The molecule has 0 radical (unpaired) electrons. The molecule has 2 aromatic rings. The normalized spacial score (nSPS) is 10.6. The van der Waals surface area contributed by atoms with Crippen molar-refractivity contribution in [3.63, 3.8) is 0 Å². The molecule has 2 N–H and O–H groups in total. The van der Waals surface area contributed by atoms with Crippen LogP contribution in [0.1, 0.15) is 18.1 Å². The van der Waals surface area contributed by atoms with Gasteiger partial charge in [0.15, 0.2) is 0 Å². The van der Waals surface area contributed by atoms with Crippen LogP contribution < -0.4 is 10.2 Å². The molecule has 21 heavy (non-hydrogen) atoms. The first-order valence-electron chi connectivity index (χ1n) is 7.25. The third-order valence-electron chi connectivity index (χ3n) is 3.14. The zero-order chi connectivity index (χ0) is 14.9. The Labute approximate surface area is 125 Å². The maximum Gasteiger partial charge on any atom is 0.225 e. The standard InChI is InChI=1S/C16H22N4O/c1-2-17-10-15-11-18-16(19-12-15)20(8-9-21)13-14-6-4-3-5-7-14/h3-7,11-12,17,21H,2,8-10,13H2,1H3. The molecular weight excluding hydrogens is 264 g/mol. The number of rotatable bonds is 8. The van der Waals surface area contributed by atoms with Gasteiger partial charge in [0.25, 0.3) is 0 Å². The second kappa shape index (κ2) is 8.34. The van der Waals surface area contributed by atoms with E-state index in [1.807, 2.05) is 35.5 Å². The van der Waals surface area contributed by atoms with E-state index >= 15 is 0 Å². The van der Waals surface area contributed by atoms with Crippen LogP contribution in [-0.4, -0.2) is 34.8 Å². The van der Waals surface area contributed by atoms with Crippen LogP contribution >= 0.6 is 0 Å². The number of aliphatic hydroxyl groups excluding tert-OH is 1. The number of aliphatic hydroxyl groups is 1. The highest BCUT2D eigenvalue weighted by Gasteiger charge is 2.09. The van der Waals surface area contributed by atoms with E-state index in [1.54, 1.807) is 0 Å². The molecule has 0 spiro atoms. The first-order chi connectivity index (χ1) is 10.3. The Morgan fingerprint density at radius 2 is 1.81 bits per heavy atom. The first kappa shape index (κ1) is 15.4. The van der Waals surface area contributed by atoms with Gasteiger partial charge >= 0.3 is 0 Å². The van der Waals surface area contributed by atoms with E-state index in [9.17, 15) is 5.11 Å². The topological polar surface area (TPSA) is 61.3 Å². The Balaban J connectivity index is 2.06. The smallest absolute Gasteiger partial charge is 0.225 e. The van der Waals surface area contributed by atoms with E-state index in [0.29, 0.717) is 19.0 Å². The van der Waals surface area contributed by atoms with Gasteiger partial charge < -0.3 is 15.3 Å². The van der Waals surface area contributed by atoms with Crippen molar-refractivity contribution in [1.82, 2.24) is 15.3 Å². The molecular formula is C16H22N4O. The van der Waals surface area contributed by atoms with Crippen LogP contribution in [0, 0.1) is 0 Å². The molecule has 0 unspecified atom stereocenters. The van der Waals surface area contributed by atoms with E-state index in [-0.39, 0.29) is 6.61 Å². The van der Waals surface area contributed by atoms with Crippen LogP contribution in [0.2, 0.25) is 0 Å². The summed E-state index contributed by atoms with van der Waals surface area (Å²) in [6.45, 7) is 5.05. The van der Waals surface area contributed by atoms with Crippen LogP contribution in [0.4, 0.5) is 5.95 Å². The lowest BCUT2D eigenvalue weighted by Crippen LogP contribution is -2.28. The molecule has 0 aliphatic heterocycles. The summed E-state index contributed by atoms with van der Waals surface area (Å²) in [6.07, 6.45) is 3.67. The van der Waals surface area contributed by atoms with Gasteiger partial charge in [-0.3, -0.25) is 0 Å². The van der Waals surface area contributed by atoms with Gasteiger partial charge in [0, 0.05) is 37.6 Å². The summed E-state index contributed by atoms with van der Waals surface area (Å²) in [5.41, 5.74) is 2.23. The molecule has 112 valence electrons. The molecule has 0 aliphatic carbocycles. The Morgan fingerprint density at radius 1 is 1.10 bits per heavy atom. The Kier molecular flexibility index (Phi) is 6.12. The maximum atomic E-state index is 9.24. The molecule has 2 rings (SSSR count). The van der Waals surface area contributed by atoms with Crippen molar-refractivity contribution in [1.29, 1.82) is 0 Å². The van der Waals surface area contributed by atoms with Gasteiger partial charge in [0.1, 0.15) is 0 Å². The third kappa shape index (κ3) is 4.81. The molecule has 0 saturated carbocycles. The highest BCUT2D eigenvalue weighted by atomic mass is 16.3. The minimum absolute atomic E-state index is 0.0787. The molecule has 0 fully saturated rings. The zero-order valence-electron chi connectivity index (χ0n) is 12.4. The molecule has 0 amide bonds. The number of benzene rings is 1. The van der Waals surface area contributed by atoms with Crippen molar-refractivity contribution >= 4 is 5.95 Å². The minimum atomic E-state index is 0.0787. The van der Waals surface area contributed by atoms with E-state index < -0.39 is 0 Å². The van der Waals surface area contributed by atoms with Crippen molar-refractivity contribution in [2.75, 3.05) is 24.6 Å². The third-order valence-corrected chi connectivity index (χ3v) is 3.14. The van der Waals surface area contributed by atoms with E-state index in [1.165, 1.54) is 5.56 Å². The number of aromatic nitrogens is 2. The summed E-state index contributed by atoms with van der Waals surface area (Å²) in [5.74, 6) is 0.646. The molecule has 1 aromatic heterocycles. The van der Waals surface area contributed by atoms with Gasteiger partial charge in [-0.15, -0.1) is 0 Å². The summed E-state index contributed by atoms with van der Waals surface area (Å²) in [5, 5.41) is 12.5. The number of nitrogens with one attached hydrogen (secondary N) is 1. The average molecular weight is 286 g/mol. The van der Waals surface area contributed by atoms with Crippen molar-refractivity contribution < 1.29 is 5.11 Å². The van der Waals surface area contributed by atoms with E-state index in [4.69, 9.17) is 0 Å². The molecule has 0 saturated heterocycles. The van der Waals surface area contributed by atoms with Crippen LogP contribution in [-0.2, 0) is 13.1 Å². The molecule has 0 bridgehead atoms. The van der Waals surface area contributed by atoms with Gasteiger partial charge in [-0.25, -0.2) is 9.97 Å². The van der Waals surface area contributed by atoms with Crippen LogP contribution in [0.3, 0.4) is 0 Å². The lowest BCUT2D eigenvalue weighted by atomic mass is 10.2. The number of nitrogens with zero attached hydrogens (tertiary/aromatic N) is 3. The molecule has 1 aromatic carbocycles. The lowest BCUT2D eigenvalue weighted by Gasteiger charge is -2.21. The highest BCUT2D eigenvalue weighted by Crippen LogP contribution is 2.12. The fourth-order valence-electron chi connectivity index (χ4n) is 2.05. The highest BCUT2D eigenvalue weighted by molar-refractivity contribution is 5.32. The SMILES string of the molecule is CCNCc1cnc(N(CCO)Cc2ccccc2)nc1. The first-order valence-corrected chi connectivity index (χ1v) is 7.25. The summed E-state index contributed by atoms with van der Waals surface area (Å²) in [7, 11) is 0. The fourth-order valence-corrected chi connectivity index (χ4v) is 2.05. The van der Waals surface area contributed by atoms with Gasteiger partial charge in [0.05, 0.1) is 6.61 Å². The second-order valence-electron chi connectivity index (χ2n) is 4.80. The van der Waals surface area contributed by atoms with Gasteiger partial charge in [-0.1, -0.05) is 37.3 Å². The van der Waals surface area contributed by atoms with Gasteiger partial charge in [0.2, 0.25) is 5.95 Å². The summed E-state index contributed by atoms with van der Waals surface area (Å²) < 4.78 is 0. The van der Waals surface area contributed by atoms with Gasteiger partial charge in [-0.2, -0.15) is 0 Å². The quantitative estimate of drug-likeness (QED) is 0.771. The molecule has 0 atom stereocenters. The van der Waals surface area contributed by atoms with Crippen molar-refractivity contribution in [2.24, 2.45) is 0 Å². The molecule has 5 heteroatoms. The van der Waals surface area contributed by atoms with Crippen molar-refractivity contribution in [3.8, 4) is 0 Å². The summed E-state index contributed by atoms with van der Waals surface area (Å²) in [4.78, 5) is 10.8. The van der Waals surface area contributed by atoms with Gasteiger partial charge in [-0.05, 0) is 12.1 Å². The summed E-state index contributed by atoms with van der Waals surface area (Å²) in [6, 6.07) is 10.1. The maximum absolute atomic E-state index is 9.24. The van der Waals surface area contributed by atoms with Crippen LogP contribution in [0.15, 0.2) is 42.7 Å². The van der Waals surface area contributed by atoms with Crippen LogP contribution in [0.5, 0.6) is 0 Å². The predicted molar refractivity (Wildman–Crippen MR) is 84.0 cm³/mol. The Morgan fingerprint density at radius 3 is 2.43 bits per heavy atom. The van der Waals surface area contributed by atoms with Crippen molar-refractivity contribution in [2.45, 2.75) is 20.0 Å². The Hall–Kier alpha value is -1.98. The fraction of sp³-hybridized carbons (Fsp3) is 0.375. The van der Waals surface area contributed by atoms with E-state index in [0.717, 1.165) is 18.7 Å². The largest absolute Gasteiger partial charge is 0.395 e. The number of hydrogen-bond donors (Lipinski definition) is 2. The molecule has 1 heterocycles. The number of anilines is 1. The van der Waals surface area contributed by atoms with E-state index in [2.05, 4.69) is 34.3 Å². The zero-order valence-corrected chi connectivity index (χ0v) is 12.4. The van der Waals surface area contributed by atoms with Crippen molar-refractivity contribution in [3.05, 3.63) is 53.9 Å².